The number of hydrogen-bond acceptors (Lipinski definition) is 5. The largest absolute Gasteiger partial charge is 0.377 e. The Morgan fingerprint density at radius 2 is 1.81 bits per heavy atom. The van der Waals surface area contributed by atoms with Crippen molar-refractivity contribution in [3.05, 3.63) is 28.8 Å². The van der Waals surface area contributed by atoms with Crippen LogP contribution in [0.2, 0.25) is 0 Å². The summed E-state index contributed by atoms with van der Waals surface area (Å²) in [5, 5.41) is 0. The third kappa shape index (κ3) is 3.98. The molecule has 0 bridgehead atoms. The molecule has 2 aliphatic heterocycles. The first-order valence-corrected chi connectivity index (χ1v) is 12.3. The minimum Gasteiger partial charge on any atom is -0.377 e. The molecule has 2 aliphatic rings. The average molecular weight is 402 g/mol. The van der Waals surface area contributed by atoms with E-state index in [1.807, 2.05) is 19.9 Å². The van der Waals surface area contributed by atoms with Gasteiger partial charge in [-0.3, -0.25) is 0 Å². The molecule has 0 radical (unpaired) electrons. The summed E-state index contributed by atoms with van der Waals surface area (Å²) in [5.74, 6) is -0.0655. The minimum atomic E-state index is -3.80. The lowest BCUT2D eigenvalue weighted by molar-refractivity contribution is 0.0877. The van der Waals surface area contributed by atoms with E-state index in [2.05, 4.69) is 0 Å². The molecular formula is C18H27NO5S2. The van der Waals surface area contributed by atoms with Gasteiger partial charge in [0.05, 0.1) is 22.5 Å². The van der Waals surface area contributed by atoms with Crippen molar-refractivity contribution in [2.75, 3.05) is 24.7 Å². The number of ether oxygens (including phenoxy) is 1. The molecule has 1 aromatic carbocycles. The molecule has 8 heteroatoms. The lowest BCUT2D eigenvalue weighted by atomic mass is 10.1. The van der Waals surface area contributed by atoms with Crippen LogP contribution in [-0.2, 0) is 24.6 Å². The summed E-state index contributed by atoms with van der Waals surface area (Å²) in [4.78, 5) is 0.267. The molecule has 26 heavy (non-hydrogen) atoms. The number of sulfone groups is 1. The van der Waals surface area contributed by atoms with Crippen molar-refractivity contribution in [1.82, 2.24) is 4.31 Å². The molecule has 0 spiro atoms. The number of hydrogen-bond donors (Lipinski definition) is 0. The molecule has 6 nitrogen and oxygen atoms in total. The zero-order valence-corrected chi connectivity index (χ0v) is 17.2. The van der Waals surface area contributed by atoms with Gasteiger partial charge in [-0.25, -0.2) is 16.8 Å². The number of aryl methyl sites for hydroxylation is 3. The molecule has 0 aromatic heterocycles. The van der Waals surface area contributed by atoms with Gasteiger partial charge in [0.1, 0.15) is 0 Å². The second-order valence-electron chi connectivity index (χ2n) is 7.47. The standard InChI is InChI=1S/C18H27NO5S2/c1-13-9-15(3)18(10-14(13)2)26(22,23)19(11-17-5-4-7-24-17)16-6-8-25(20,21)12-16/h9-10,16-17H,4-8,11-12H2,1-3H3/t16-,17+/m1/s1. The van der Waals surface area contributed by atoms with Gasteiger partial charge < -0.3 is 4.74 Å². The first-order chi connectivity index (χ1) is 12.1. The first kappa shape index (κ1) is 19.8. The molecule has 0 aliphatic carbocycles. The van der Waals surface area contributed by atoms with Crippen LogP contribution in [0.4, 0.5) is 0 Å². The Bertz CT molecular complexity index is 886. The Labute approximate surface area is 156 Å². The molecule has 146 valence electrons. The summed E-state index contributed by atoms with van der Waals surface area (Å²) >= 11 is 0. The smallest absolute Gasteiger partial charge is 0.243 e. The van der Waals surface area contributed by atoms with Crippen LogP contribution in [-0.4, -0.2) is 57.9 Å². The van der Waals surface area contributed by atoms with Crippen molar-refractivity contribution in [3.63, 3.8) is 0 Å². The second kappa shape index (κ2) is 7.22. The molecule has 2 fully saturated rings. The highest BCUT2D eigenvalue weighted by Gasteiger charge is 2.40. The molecular weight excluding hydrogens is 374 g/mol. The third-order valence-corrected chi connectivity index (χ3v) is 9.21. The second-order valence-corrected chi connectivity index (χ2v) is 11.6. The number of benzene rings is 1. The van der Waals surface area contributed by atoms with E-state index in [1.165, 1.54) is 4.31 Å². The van der Waals surface area contributed by atoms with Crippen LogP contribution in [0.3, 0.4) is 0 Å². The van der Waals surface area contributed by atoms with Gasteiger partial charge in [0, 0.05) is 19.2 Å². The lowest BCUT2D eigenvalue weighted by Crippen LogP contribution is -2.45. The van der Waals surface area contributed by atoms with E-state index in [-0.39, 0.29) is 29.0 Å². The molecule has 0 amide bonds. The van der Waals surface area contributed by atoms with Crippen LogP contribution in [0.5, 0.6) is 0 Å². The van der Waals surface area contributed by atoms with Crippen LogP contribution >= 0.6 is 0 Å². The van der Waals surface area contributed by atoms with Crippen molar-refractivity contribution < 1.29 is 21.6 Å². The monoisotopic (exact) mass is 401 g/mol. The zero-order chi connectivity index (χ0) is 19.1. The Morgan fingerprint density at radius 1 is 1.12 bits per heavy atom. The highest BCUT2D eigenvalue weighted by Crippen LogP contribution is 2.30. The summed E-state index contributed by atoms with van der Waals surface area (Å²) in [6.45, 7) is 6.47. The van der Waals surface area contributed by atoms with Gasteiger partial charge in [-0.05, 0) is 62.8 Å². The van der Waals surface area contributed by atoms with Gasteiger partial charge in [-0.1, -0.05) is 6.07 Å². The van der Waals surface area contributed by atoms with Crippen molar-refractivity contribution >= 4 is 19.9 Å². The summed E-state index contributed by atoms with van der Waals surface area (Å²) in [7, 11) is -6.99. The van der Waals surface area contributed by atoms with Gasteiger partial charge in [-0.15, -0.1) is 0 Å². The van der Waals surface area contributed by atoms with Gasteiger partial charge in [-0.2, -0.15) is 4.31 Å². The fourth-order valence-electron chi connectivity index (χ4n) is 3.77. The third-order valence-electron chi connectivity index (χ3n) is 5.40. The van der Waals surface area contributed by atoms with Crippen LogP contribution in [0.25, 0.3) is 0 Å². The van der Waals surface area contributed by atoms with E-state index in [9.17, 15) is 16.8 Å². The molecule has 2 heterocycles. The van der Waals surface area contributed by atoms with Crippen molar-refractivity contribution in [3.8, 4) is 0 Å². The fourth-order valence-corrected chi connectivity index (χ4v) is 7.58. The first-order valence-electron chi connectivity index (χ1n) is 9.02. The maximum Gasteiger partial charge on any atom is 0.243 e. The number of nitrogens with zero attached hydrogens (tertiary/aromatic N) is 1. The molecule has 0 saturated carbocycles. The maximum atomic E-state index is 13.5. The molecule has 0 unspecified atom stereocenters. The van der Waals surface area contributed by atoms with Gasteiger partial charge in [0.15, 0.2) is 9.84 Å². The molecule has 1 aromatic rings. The summed E-state index contributed by atoms with van der Waals surface area (Å²) in [6, 6.07) is 3.05. The van der Waals surface area contributed by atoms with Gasteiger partial charge in [0.2, 0.25) is 10.0 Å². The van der Waals surface area contributed by atoms with Gasteiger partial charge >= 0.3 is 0 Å². The Hall–Kier alpha value is -0.960. The minimum absolute atomic E-state index is 0.0428. The highest BCUT2D eigenvalue weighted by molar-refractivity contribution is 7.92. The quantitative estimate of drug-likeness (QED) is 0.753. The van der Waals surface area contributed by atoms with Crippen LogP contribution in [0.1, 0.15) is 36.0 Å². The Kier molecular flexibility index (Phi) is 5.50. The average Bonchev–Trinajstić information content (AvgIpc) is 3.17. The van der Waals surface area contributed by atoms with Gasteiger partial charge in [0.25, 0.3) is 0 Å². The van der Waals surface area contributed by atoms with Crippen molar-refractivity contribution in [2.45, 2.75) is 57.1 Å². The fraction of sp³-hybridized carbons (Fsp3) is 0.667. The molecule has 0 N–H and O–H groups in total. The Morgan fingerprint density at radius 3 is 2.38 bits per heavy atom. The van der Waals surface area contributed by atoms with E-state index >= 15 is 0 Å². The molecule has 2 saturated heterocycles. The predicted molar refractivity (Wildman–Crippen MR) is 101 cm³/mol. The van der Waals surface area contributed by atoms with Crippen molar-refractivity contribution in [2.24, 2.45) is 0 Å². The molecule has 2 atom stereocenters. The van der Waals surface area contributed by atoms with Crippen LogP contribution < -0.4 is 0 Å². The summed E-state index contributed by atoms with van der Waals surface area (Å²) in [6.07, 6.45) is 1.89. The number of sulfonamides is 1. The van der Waals surface area contributed by atoms with E-state index in [0.717, 1.165) is 24.0 Å². The SMILES string of the molecule is Cc1cc(C)c(S(=O)(=O)N(C[C@@H]2CCCO2)[C@@H]2CCS(=O)(=O)C2)cc1C. The topological polar surface area (TPSA) is 80.8 Å². The number of rotatable bonds is 5. The Balaban J connectivity index is 2.00. The summed E-state index contributed by atoms with van der Waals surface area (Å²) in [5.41, 5.74) is 2.63. The highest BCUT2D eigenvalue weighted by atomic mass is 32.2. The van der Waals surface area contributed by atoms with E-state index < -0.39 is 25.9 Å². The maximum absolute atomic E-state index is 13.5. The van der Waals surface area contributed by atoms with E-state index in [0.29, 0.717) is 18.6 Å². The van der Waals surface area contributed by atoms with E-state index in [4.69, 9.17) is 4.74 Å². The normalized spacial score (nSPS) is 25.8. The van der Waals surface area contributed by atoms with Crippen LogP contribution in [0.15, 0.2) is 17.0 Å². The zero-order valence-electron chi connectivity index (χ0n) is 15.6. The van der Waals surface area contributed by atoms with E-state index in [1.54, 1.807) is 13.0 Å². The predicted octanol–water partition coefficient (Wildman–Crippen LogP) is 1.97. The summed E-state index contributed by atoms with van der Waals surface area (Å²) < 4.78 is 57.9. The lowest BCUT2D eigenvalue weighted by Gasteiger charge is -2.30. The van der Waals surface area contributed by atoms with Crippen molar-refractivity contribution in [1.29, 1.82) is 0 Å². The molecule has 3 rings (SSSR count). The van der Waals surface area contributed by atoms with Crippen LogP contribution in [0, 0.1) is 20.8 Å².